The third-order valence-electron chi connectivity index (χ3n) is 3.03. The Bertz CT molecular complexity index is 449. The van der Waals surface area contributed by atoms with E-state index < -0.39 is 0 Å². The average Bonchev–Trinajstić information content (AvgIpc) is 2.49. The first-order valence-corrected chi connectivity index (χ1v) is 7.00. The summed E-state index contributed by atoms with van der Waals surface area (Å²) in [6.45, 7) is 8.09. The second-order valence-electron chi connectivity index (χ2n) is 4.83. The number of nitrogens with two attached hydrogens (primary N) is 1. The SMILES string of the molecule is C=C(C)COCCNC(CN)c1cccc(OC)c1OC. The first-order chi connectivity index (χ1) is 10.1. The van der Waals surface area contributed by atoms with Crippen molar-refractivity contribution in [3.63, 3.8) is 0 Å². The number of hydrogen-bond donors (Lipinski definition) is 2. The van der Waals surface area contributed by atoms with Crippen molar-refractivity contribution in [1.82, 2.24) is 5.32 Å². The molecule has 1 rings (SSSR count). The molecule has 0 amide bonds. The Labute approximate surface area is 127 Å². The van der Waals surface area contributed by atoms with E-state index in [2.05, 4.69) is 11.9 Å². The quantitative estimate of drug-likeness (QED) is 0.509. The van der Waals surface area contributed by atoms with Gasteiger partial charge in [0.1, 0.15) is 0 Å². The molecule has 0 aliphatic rings. The number of ether oxygens (including phenoxy) is 3. The van der Waals surface area contributed by atoms with Gasteiger partial charge in [0.15, 0.2) is 11.5 Å². The number of benzene rings is 1. The van der Waals surface area contributed by atoms with Crippen LogP contribution < -0.4 is 20.5 Å². The Morgan fingerprint density at radius 2 is 2.10 bits per heavy atom. The fourth-order valence-corrected chi connectivity index (χ4v) is 2.06. The lowest BCUT2D eigenvalue weighted by molar-refractivity contribution is 0.155. The number of para-hydroxylation sites is 1. The highest BCUT2D eigenvalue weighted by Crippen LogP contribution is 2.34. The van der Waals surface area contributed by atoms with E-state index in [1.165, 1.54) is 0 Å². The van der Waals surface area contributed by atoms with E-state index in [9.17, 15) is 0 Å². The molecule has 1 aromatic rings. The van der Waals surface area contributed by atoms with E-state index in [-0.39, 0.29) is 6.04 Å². The Balaban J connectivity index is 2.65. The molecule has 1 atom stereocenters. The maximum Gasteiger partial charge on any atom is 0.165 e. The summed E-state index contributed by atoms with van der Waals surface area (Å²) in [7, 11) is 3.25. The van der Waals surface area contributed by atoms with Crippen molar-refractivity contribution in [2.75, 3.05) is 40.5 Å². The molecule has 21 heavy (non-hydrogen) atoms. The monoisotopic (exact) mass is 294 g/mol. The third-order valence-corrected chi connectivity index (χ3v) is 3.03. The second kappa shape index (κ2) is 9.39. The minimum absolute atomic E-state index is 0.0107. The third kappa shape index (κ3) is 5.38. The van der Waals surface area contributed by atoms with E-state index in [1.54, 1.807) is 14.2 Å². The van der Waals surface area contributed by atoms with Crippen LogP contribution in [-0.2, 0) is 4.74 Å². The summed E-state index contributed by atoms with van der Waals surface area (Å²) in [6, 6.07) is 5.77. The molecule has 118 valence electrons. The van der Waals surface area contributed by atoms with Gasteiger partial charge in [-0.25, -0.2) is 0 Å². The molecule has 0 heterocycles. The fraction of sp³-hybridized carbons (Fsp3) is 0.500. The van der Waals surface area contributed by atoms with Crippen LogP contribution >= 0.6 is 0 Å². The van der Waals surface area contributed by atoms with Crippen molar-refractivity contribution in [1.29, 1.82) is 0 Å². The molecule has 1 aromatic carbocycles. The van der Waals surface area contributed by atoms with Crippen molar-refractivity contribution in [3.8, 4) is 11.5 Å². The van der Waals surface area contributed by atoms with Gasteiger partial charge in [-0.05, 0) is 13.0 Å². The van der Waals surface area contributed by atoms with Crippen molar-refractivity contribution >= 4 is 0 Å². The maximum atomic E-state index is 5.87. The molecule has 0 aromatic heterocycles. The Kier molecular flexibility index (Phi) is 7.82. The molecule has 0 aliphatic heterocycles. The van der Waals surface area contributed by atoms with Gasteiger partial charge in [0.25, 0.3) is 0 Å². The zero-order valence-corrected chi connectivity index (χ0v) is 13.1. The lowest BCUT2D eigenvalue weighted by atomic mass is 10.1. The molecule has 0 radical (unpaired) electrons. The first kappa shape index (κ1) is 17.5. The minimum atomic E-state index is -0.0107. The van der Waals surface area contributed by atoms with Crippen LogP contribution in [0, 0.1) is 0 Å². The Hall–Kier alpha value is -1.56. The average molecular weight is 294 g/mol. The molecular weight excluding hydrogens is 268 g/mol. The fourth-order valence-electron chi connectivity index (χ4n) is 2.06. The van der Waals surface area contributed by atoms with Gasteiger partial charge in [0, 0.05) is 24.7 Å². The Morgan fingerprint density at radius 3 is 2.67 bits per heavy atom. The minimum Gasteiger partial charge on any atom is -0.493 e. The predicted octanol–water partition coefficient (Wildman–Crippen LogP) is 1.89. The lowest BCUT2D eigenvalue weighted by Crippen LogP contribution is -2.31. The van der Waals surface area contributed by atoms with Crippen molar-refractivity contribution in [2.24, 2.45) is 5.73 Å². The summed E-state index contributed by atoms with van der Waals surface area (Å²) in [5, 5.41) is 3.37. The second-order valence-corrected chi connectivity index (χ2v) is 4.83. The van der Waals surface area contributed by atoms with Crippen LogP contribution in [-0.4, -0.2) is 40.5 Å². The van der Waals surface area contributed by atoms with Crippen LogP contribution in [0.15, 0.2) is 30.4 Å². The van der Waals surface area contributed by atoms with Crippen molar-refractivity contribution in [3.05, 3.63) is 35.9 Å². The van der Waals surface area contributed by atoms with Gasteiger partial charge < -0.3 is 25.3 Å². The number of rotatable bonds is 10. The predicted molar refractivity (Wildman–Crippen MR) is 85.0 cm³/mol. The summed E-state index contributed by atoms with van der Waals surface area (Å²) in [5.74, 6) is 1.42. The van der Waals surface area contributed by atoms with Crippen molar-refractivity contribution in [2.45, 2.75) is 13.0 Å². The molecule has 0 saturated heterocycles. The number of hydrogen-bond acceptors (Lipinski definition) is 5. The molecular formula is C16H26N2O3. The number of nitrogens with one attached hydrogen (secondary N) is 1. The molecule has 0 spiro atoms. The largest absolute Gasteiger partial charge is 0.493 e. The molecule has 0 fully saturated rings. The van der Waals surface area contributed by atoms with E-state index >= 15 is 0 Å². The highest BCUT2D eigenvalue weighted by molar-refractivity contribution is 5.48. The molecule has 0 saturated carbocycles. The van der Waals surface area contributed by atoms with Gasteiger partial charge in [-0.2, -0.15) is 0 Å². The lowest BCUT2D eigenvalue weighted by Gasteiger charge is -2.21. The first-order valence-electron chi connectivity index (χ1n) is 7.00. The highest BCUT2D eigenvalue weighted by Gasteiger charge is 2.17. The van der Waals surface area contributed by atoms with Gasteiger partial charge in [0.05, 0.1) is 27.4 Å². The topological polar surface area (TPSA) is 65.7 Å². The zero-order valence-electron chi connectivity index (χ0n) is 13.1. The smallest absolute Gasteiger partial charge is 0.165 e. The summed E-state index contributed by atoms with van der Waals surface area (Å²) in [6.07, 6.45) is 0. The van der Waals surface area contributed by atoms with E-state index in [4.69, 9.17) is 19.9 Å². The molecule has 5 nitrogen and oxygen atoms in total. The van der Waals surface area contributed by atoms with Crippen molar-refractivity contribution < 1.29 is 14.2 Å². The van der Waals surface area contributed by atoms with Crippen LogP contribution in [0.25, 0.3) is 0 Å². The van der Waals surface area contributed by atoms with Gasteiger partial charge >= 0.3 is 0 Å². The normalized spacial score (nSPS) is 12.0. The summed E-state index contributed by atoms with van der Waals surface area (Å²) in [4.78, 5) is 0. The zero-order chi connectivity index (χ0) is 15.7. The summed E-state index contributed by atoms with van der Waals surface area (Å²) < 4.78 is 16.2. The van der Waals surface area contributed by atoms with Gasteiger partial charge in [-0.1, -0.05) is 24.3 Å². The molecule has 0 aliphatic carbocycles. The van der Waals surface area contributed by atoms with E-state index in [1.807, 2.05) is 25.1 Å². The molecule has 5 heteroatoms. The summed E-state index contributed by atoms with van der Waals surface area (Å²) in [5.41, 5.74) is 7.87. The summed E-state index contributed by atoms with van der Waals surface area (Å²) >= 11 is 0. The Morgan fingerprint density at radius 1 is 1.33 bits per heavy atom. The van der Waals surface area contributed by atoms with Gasteiger partial charge in [-0.3, -0.25) is 0 Å². The van der Waals surface area contributed by atoms with Crippen LogP contribution in [0.3, 0.4) is 0 Å². The molecule has 0 bridgehead atoms. The molecule has 3 N–H and O–H groups in total. The van der Waals surface area contributed by atoms with Crippen LogP contribution in [0.2, 0.25) is 0 Å². The van der Waals surface area contributed by atoms with Crippen LogP contribution in [0.4, 0.5) is 0 Å². The van der Waals surface area contributed by atoms with Gasteiger partial charge in [0.2, 0.25) is 0 Å². The number of methoxy groups -OCH3 is 2. The van der Waals surface area contributed by atoms with Gasteiger partial charge in [-0.15, -0.1) is 0 Å². The van der Waals surface area contributed by atoms with E-state index in [0.29, 0.717) is 37.8 Å². The van der Waals surface area contributed by atoms with Crippen LogP contribution in [0.5, 0.6) is 11.5 Å². The van der Waals surface area contributed by atoms with Crippen LogP contribution in [0.1, 0.15) is 18.5 Å². The maximum absolute atomic E-state index is 5.87. The van der Waals surface area contributed by atoms with E-state index in [0.717, 1.165) is 11.1 Å². The standard InChI is InChI=1S/C16H26N2O3/c1-12(2)11-21-9-8-18-14(10-17)13-6-5-7-15(19-3)16(13)20-4/h5-7,14,18H,1,8-11,17H2,2-4H3. The highest BCUT2D eigenvalue weighted by atomic mass is 16.5. The molecule has 1 unspecified atom stereocenters.